The summed E-state index contributed by atoms with van der Waals surface area (Å²) in [7, 11) is 0. The van der Waals surface area contributed by atoms with Crippen LogP contribution in [0.4, 0.5) is 10.5 Å². The monoisotopic (exact) mass is 275 g/mol. The van der Waals surface area contributed by atoms with Crippen LogP contribution in [0.2, 0.25) is 0 Å². The number of urea groups is 1. The first-order valence-electron chi connectivity index (χ1n) is 6.96. The van der Waals surface area contributed by atoms with Gasteiger partial charge >= 0.3 is 6.03 Å². The Balaban J connectivity index is 2.07. The number of rotatable bonds is 3. The lowest BCUT2D eigenvalue weighted by atomic mass is 10.1. The number of benzene rings is 1. The molecule has 1 aromatic carbocycles. The zero-order valence-electron chi connectivity index (χ0n) is 12.2. The van der Waals surface area contributed by atoms with E-state index in [-0.39, 0.29) is 11.9 Å². The van der Waals surface area contributed by atoms with Crippen molar-refractivity contribution in [2.24, 2.45) is 0 Å². The zero-order valence-corrected chi connectivity index (χ0v) is 12.2. The van der Waals surface area contributed by atoms with Crippen molar-refractivity contribution >= 4 is 17.6 Å². The average molecular weight is 275 g/mol. The molecule has 0 aromatic heterocycles. The Hall–Kier alpha value is -2.04. The molecule has 0 spiro atoms. The fraction of sp³-hybridized carbons (Fsp3) is 0.467. The van der Waals surface area contributed by atoms with Gasteiger partial charge in [-0.05, 0) is 50.5 Å². The summed E-state index contributed by atoms with van der Waals surface area (Å²) in [6.45, 7) is 7.11. The fourth-order valence-electron chi connectivity index (χ4n) is 2.33. The third-order valence-electron chi connectivity index (χ3n) is 3.65. The molecular weight excluding hydrogens is 254 g/mol. The van der Waals surface area contributed by atoms with Crippen molar-refractivity contribution in [1.82, 2.24) is 10.6 Å². The normalized spacial score (nSPS) is 18.2. The van der Waals surface area contributed by atoms with E-state index < -0.39 is 6.04 Å². The minimum absolute atomic E-state index is 0.0421. The van der Waals surface area contributed by atoms with E-state index in [2.05, 4.69) is 10.6 Å². The Morgan fingerprint density at radius 2 is 2.10 bits per heavy atom. The third-order valence-corrected chi connectivity index (χ3v) is 3.65. The molecule has 2 rings (SSSR count). The van der Waals surface area contributed by atoms with Gasteiger partial charge < -0.3 is 15.5 Å². The highest BCUT2D eigenvalue weighted by molar-refractivity contribution is 6.01. The van der Waals surface area contributed by atoms with Crippen LogP contribution in [0.25, 0.3) is 0 Å². The molecule has 1 fully saturated rings. The molecule has 20 heavy (non-hydrogen) atoms. The molecular formula is C15H21N3O2. The first kappa shape index (κ1) is 14.4. The molecule has 1 heterocycles. The summed E-state index contributed by atoms with van der Waals surface area (Å²) >= 11 is 0. The lowest BCUT2D eigenvalue weighted by molar-refractivity contribution is -0.118. The van der Waals surface area contributed by atoms with Crippen LogP contribution < -0.4 is 15.5 Å². The zero-order chi connectivity index (χ0) is 14.7. The summed E-state index contributed by atoms with van der Waals surface area (Å²) in [5.41, 5.74) is 3.27. The van der Waals surface area contributed by atoms with E-state index >= 15 is 0 Å². The standard InChI is InChI=1S/C15H21N3O2/c1-4-16-15(20)17-13-7-8-18(14(13)19)12-6-5-10(2)11(3)9-12/h5-6,9,13H,4,7-8H2,1-3H3,(H2,16,17,20)/t13-/m0/s1. The van der Waals surface area contributed by atoms with Crippen LogP contribution in [0, 0.1) is 13.8 Å². The lowest BCUT2D eigenvalue weighted by Crippen LogP contribution is -2.46. The van der Waals surface area contributed by atoms with Crippen LogP contribution in [-0.2, 0) is 4.79 Å². The van der Waals surface area contributed by atoms with E-state index in [0.717, 1.165) is 11.3 Å². The summed E-state index contributed by atoms with van der Waals surface area (Å²) in [4.78, 5) is 25.6. The molecule has 5 nitrogen and oxygen atoms in total. The number of amides is 3. The fourth-order valence-corrected chi connectivity index (χ4v) is 2.33. The molecule has 0 saturated carbocycles. The quantitative estimate of drug-likeness (QED) is 0.882. The van der Waals surface area contributed by atoms with Crippen molar-refractivity contribution < 1.29 is 9.59 Å². The average Bonchev–Trinajstić information content (AvgIpc) is 2.75. The minimum atomic E-state index is -0.428. The highest BCUT2D eigenvalue weighted by Gasteiger charge is 2.33. The van der Waals surface area contributed by atoms with Gasteiger partial charge in [0.15, 0.2) is 0 Å². The molecule has 1 atom stereocenters. The summed E-state index contributed by atoms with van der Waals surface area (Å²) in [6.07, 6.45) is 0.642. The SMILES string of the molecule is CCNC(=O)N[C@H]1CCN(c2ccc(C)c(C)c2)C1=O. The largest absolute Gasteiger partial charge is 0.338 e. The molecule has 3 amide bonds. The number of aryl methyl sites for hydroxylation is 2. The van der Waals surface area contributed by atoms with Gasteiger partial charge in [-0.2, -0.15) is 0 Å². The molecule has 0 aliphatic carbocycles. The maximum absolute atomic E-state index is 12.3. The first-order chi connectivity index (χ1) is 9.52. The Labute approximate surface area is 119 Å². The second-order valence-corrected chi connectivity index (χ2v) is 5.10. The summed E-state index contributed by atoms with van der Waals surface area (Å²) in [6, 6.07) is 5.27. The van der Waals surface area contributed by atoms with E-state index in [9.17, 15) is 9.59 Å². The van der Waals surface area contributed by atoms with E-state index in [1.807, 2.05) is 39.0 Å². The Morgan fingerprint density at radius 1 is 1.35 bits per heavy atom. The van der Waals surface area contributed by atoms with Crippen molar-refractivity contribution in [2.75, 3.05) is 18.0 Å². The summed E-state index contributed by atoms with van der Waals surface area (Å²) in [5.74, 6) is -0.0421. The van der Waals surface area contributed by atoms with Crippen LogP contribution in [0.1, 0.15) is 24.5 Å². The highest BCUT2D eigenvalue weighted by Crippen LogP contribution is 2.23. The second kappa shape index (κ2) is 5.94. The van der Waals surface area contributed by atoms with Crippen LogP contribution in [0.3, 0.4) is 0 Å². The van der Waals surface area contributed by atoms with E-state index in [1.165, 1.54) is 5.56 Å². The van der Waals surface area contributed by atoms with E-state index in [1.54, 1.807) is 4.90 Å². The van der Waals surface area contributed by atoms with Crippen molar-refractivity contribution in [3.05, 3.63) is 29.3 Å². The van der Waals surface area contributed by atoms with Gasteiger partial charge in [0, 0.05) is 18.8 Å². The van der Waals surface area contributed by atoms with Gasteiger partial charge in [0.1, 0.15) is 6.04 Å². The number of nitrogens with one attached hydrogen (secondary N) is 2. The number of carbonyl (C=O) groups is 2. The van der Waals surface area contributed by atoms with Crippen molar-refractivity contribution in [3.63, 3.8) is 0 Å². The second-order valence-electron chi connectivity index (χ2n) is 5.10. The van der Waals surface area contributed by atoms with Crippen molar-refractivity contribution in [1.29, 1.82) is 0 Å². The molecule has 0 radical (unpaired) electrons. The van der Waals surface area contributed by atoms with E-state index in [0.29, 0.717) is 19.5 Å². The molecule has 5 heteroatoms. The third kappa shape index (κ3) is 2.92. The molecule has 108 valence electrons. The van der Waals surface area contributed by atoms with Gasteiger partial charge in [-0.15, -0.1) is 0 Å². The lowest BCUT2D eigenvalue weighted by Gasteiger charge is -2.18. The van der Waals surface area contributed by atoms with Crippen LogP contribution in [0.5, 0.6) is 0 Å². The highest BCUT2D eigenvalue weighted by atomic mass is 16.2. The predicted molar refractivity (Wildman–Crippen MR) is 78.9 cm³/mol. The Morgan fingerprint density at radius 3 is 2.75 bits per heavy atom. The number of hydrogen-bond acceptors (Lipinski definition) is 2. The van der Waals surface area contributed by atoms with Gasteiger partial charge in [0.25, 0.3) is 0 Å². The number of nitrogens with zero attached hydrogens (tertiary/aromatic N) is 1. The minimum Gasteiger partial charge on any atom is -0.338 e. The van der Waals surface area contributed by atoms with Gasteiger partial charge in [0.2, 0.25) is 5.91 Å². The number of anilines is 1. The number of hydrogen-bond donors (Lipinski definition) is 2. The topological polar surface area (TPSA) is 61.4 Å². The molecule has 0 bridgehead atoms. The molecule has 0 unspecified atom stereocenters. The van der Waals surface area contributed by atoms with Crippen molar-refractivity contribution in [3.8, 4) is 0 Å². The van der Waals surface area contributed by atoms with Gasteiger partial charge in [-0.25, -0.2) is 4.79 Å². The van der Waals surface area contributed by atoms with Crippen LogP contribution >= 0.6 is 0 Å². The summed E-state index contributed by atoms with van der Waals surface area (Å²) < 4.78 is 0. The van der Waals surface area contributed by atoms with E-state index in [4.69, 9.17) is 0 Å². The van der Waals surface area contributed by atoms with Crippen molar-refractivity contribution in [2.45, 2.75) is 33.2 Å². The maximum Gasteiger partial charge on any atom is 0.315 e. The van der Waals surface area contributed by atoms with Gasteiger partial charge in [-0.3, -0.25) is 4.79 Å². The molecule has 1 aliphatic rings. The molecule has 2 N–H and O–H groups in total. The number of carbonyl (C=O) groups excluding carboxylic acids is 2. The van der Waals surface area contributed by atoms with Gasteiger partial charge in [0.05, 0.1) is 0 Å². The van der Waals surface area contributed by atoms with Crippen LogP contribution in [0.15, 0.2) is 18.2 Å². The predicted octanol–water partition coefficient (Wildman–Crippen LogP) is 1.73. The van der Waals surface area contributed by atoms with Gasteiger partial charge in [-0.1, -0.05) is 6.07 Å². The molecule has 1 saturated heterocycles. The molecule has 1 aromatic rings. The van der Waals surface area contributed by atoms with Crippen LogP contribution in [-0.4, -0.2) is 31.1 Å². The first-order valence-corrected chi connectivity index (χ1v) is 6.96. The molecule has 1 aliphatic heterocycles. The Bertz CT molecular complexity index is 528. The summed E-state index contributed by atoms with van der Waals surface area (Å²) in [5, 5.41) is 5.36. The smallest absolute Gasteiger partial charge is 0.315 e. The maximum atomic E-state index is 12.3. The Kier molecular flexibility index (Phi) is 4.27.